The summed E-state index contributed by atoms with van der Waals surface area (Å²) in [6.07, 6.45) is 1.81. The van der Waals surface area contributed by atoms with E-state index in [1.54, 1.807) is 18.2 Å². The molecule has 1 atom stereocenters. The average molecular weight is 356 g/mol. The van der Waals surface area contributed by atoms with Crippen molar-refractivity contribution in [2.45, 2.75) is 12.5 Å². The number of nitrogens with zero attached hydrogens (tertiary/aromatic N) is 2. The van der Waals surface area contributed by atoms with Gasteiger partial charge in [-0.05, 0) is 42.8 Å². The molecule has 134 valence electrons. The molecule has 6 nitrogen and oxygen atoms in total. The molecule has 1 saturated heterocycles. The van der Waals surface area contributed by atoms with Crippen molar-refractivity contribution in [3.63, 3.8) is 0 Å². The molecule has 0 spiro atoms. The van der Waals surface area contributed by atoms with Crippen LogP contribution in [0.5, 0.6) is 0 Å². The van der Waals surface area contributed by atoms with Crippen LogP contribution in [0.2, 0.25) is 0 Å². The Labute approximate surface area is 149 Å². The van der Waals surface area contributed by atoms with Crippen LogP contribution >= 0.6 is 0 Å². The van der Waals surface area contributed by atoms with Gasteiger partial charge < -0.3 is 15.1 Å². The van der Waals surface area contributed by atoms with E-state index in [9.17, 15) is 19.1 Å². The Bertz CT molecular complexity index is 850. The topological polar surface area (TPSA) is 90.7 Å². The Morgan fingerprint density at radius 1 is 1.15 bits per heavy atom. The van der Waals surface area contributed by atoms with Crippen molar-refractivity contribution < 1.29 is 24.2 Å². The molecule has 1 aliphatic rings. The van der Waals surface area contributed by atoms with Crippen molar-refractivity contribution in [3.8, 4) is 0 Å². The van der Waals surface area contributed by atoms with E-state index < -0.39 is 23.5 Å². The maximum absolute atomic E-state index is 13.1. The Balaban J connectivity index is 2.14. The van der Waals surface area contributed by atoms with E-state index in [0.29, 0.717) is 5.69 Å². The minimum Gasteiger partial charge on any atom is -0.507 e. The highest BCUT2D eigenvalue weighted by molar-refractivity contribution is 6.46. The van der Waals surface area contributed by atoms with Crippen molar-refractivity contribution in [1.29, 1.82) is 0 Å². The standard InChI is InChI=1S/C19H17FN2O4/c20-13-7-5-12(6-8-13)17(24)15-16(14-4-1-2-9-21-14)22(10-3-11-23)19(26)18(15)25/h1-2,4-9,16,23-24H,3,10-11H2/b17-15-. The number of amides is 1. The average Bonchev–Trinajstić information content (AvgIpc) is 2.91. The van der Waals surface area contributed by atoms with Crippen LogP contribution in [0.1, 0.15) is 23.7 Å². The highest BCUT2D eigenvalue weighted by Crippen LogP contribution is 2.38. The van der Waals surface area contributed by atoms with E-state index in [4.69, 9.17) is 5.11 Å². The lowest BCUT2D eigenvalue weighted by Crippen LogP contribution is -2.31. The highest BCUT2D eigenvalue weighted by atomic mass is 19.1. The summed E-state index contributed by atoms with van der Waals surface area (Å²) in [4.78, 5) is 30.5. The molecule has 0 bridgehead atoms. The van der Waals surface area contributed by atoms with Crippen LogP contribution in [0.25, 0.3) is 5.76 Å². The number of pyridine rings is 1. The van der Waals surface area contributed by atoms with Crippen LogP contribution in [-0.2, 0) is 9.59 Å². The SMILES string of the molecule is O=C1C(=O)N(CCCO)C(c2ccccn2)/C1=C(/O)c1ccc(F)cc1. The summed E-state index contributed by atoms with van der Waals surface area (Å²) < 4.78 is 13.1. The third kappa shape index (κ3) is 3.21. The van der Waals surface area contributed by atoms with E-state index in [1.165, 1.54) is 23.2 Å². The summed E-state index contributed by atoms with van der Waals surface area (Å²) in [5.74, 6) is -2.46. The first kappa shape index (κ1) is 17.8. The smallest absolute Gasteiger partial charge is 0.295 e. The molecule has 1 unspecified atom stereocenters. The lowest BCUT2D eigenvalue weighted by molar-refractivity contribution is -0.140. The normalized spacial score (nSPS) is 19.2. The Morgan fingerprint density at radius 2 is 1.88 bits per heavy atom. The first-order valence-electron chi connectivity index (χ1n) is 8.10. The third-order valence-corrected chi connectivity index (χ3v) is 4.18. The maximum atomic E-state index is 13.1. The van der Waals surface area contributed by atoms with E-state index in [0.717, 1.165) is 12.1 Å². The number of rotatable bonds is 5. The van der Waals surface area contributed by atoms with Crippen LogP contribution in [0.3, 0.4) is 0 Å². The number of hydrogen-bond donors (Lipinski definition) is 2. The molecule has 2 N–H and O–H groups in total. The van der Waals surface area contributed by atoms with Gasteiger partial charge in [0, 0.05) is 24.9 Å². The molecular weight excluding hydrogens is 339 g/mol. The van der Waals surface area contributed by atoms with Gasteiger partial charge in [-0.2, -0.15) is 0 Å². The molecule has 0 aliphatic carbocycles. The third-order valence-electron chi connectivity index (χ3n) is 4.18. The summed E-state index contributed by atoms with van der Waals surface area (Å²) in [7, 11) is 0. The number of aliphatic hydroxyl groups excluding tert-OH is 2. The van der Waals surface area contributed by atoms with Gasteiger partial charge in [0.1, 0.15) is 17.6 Å². The van der Waals surface area contributed by atoms with Crippen LogP contribution in [-0.4, -0.2) is 44.9 Å². The summed E-state index contributed by atoms with van der Waals surface area (Å²) in [6.45, 7) is -0.00157. The van der Waals surface area contributed by atoms with Crippen LogP contribution in [0.4, 0.5) is 4.39 Å². The van der Waals surface area contributed by atoms with Gasteiger partial charge in [0.15, 0.2) is 0 Å². The Morgan fingerprint density at radius 3 is 2.50 bits per heavy atom. The van der Waals surface area contributed by atoms with Crippen LogP contribution in [0.15, 0.2) is 54.2 Å². The van der Waals surface area contributed by atoms with Gasteiger partial charge >= 0.3 is 0 Å². The molecule has 7 heteroatoms. The van der Waals surface area contributed by atoms with Crippen molar-refractivity contribution in [2.75, 3.05) is 13.2 Å². The molecule has 0 saturated carbocycles. The number of ketones is 1. The zero-order chi connectivity index (χ0) is 18.7. The van der Waals surface area contributed by atoms with Crippen molar-refractivity contribution in [2.24, 2.45) is 0 Å². The van der Waals surface area contributed by atoms with Gasteiger partial charge in [-0.1, -0.05) is 6.07 Å². The lowest BCUT2D eigenvalue weighted by Gasteiger charge is -2.24. The molecule has 1 aromatic carbocycles. The van der Waals surface area contributed by atoms with Gasteiger partial charge in [0.2, 0.25) is 0 Å². The minimum absolute atomic E-state index is 0.0988. The number of Topliss-reactive ketones (excluding diaryl/α,β-unsaturated/α-hetero) is 1. The largest absolute Gasteiger partial charge is 0.507 e. The van der Waals surface area contributed by atoms with Crippen LogP contribution in [0, 0.1) is 5.82 Å². The van der Waals surface area contributed by atoms with Gasteiger partial charge in [-0.15, -0.1) is 0 Å². The van der Waals surface area contributed by atoms with Crippen molar-refractivity contribution in [1.82, 2.24) is 9.88 Å². The van der Waals surface area contributed by atoms with Crippen molar-refractivity contribution >= 4 is 17.4 Å². The van der Waals surface area contributed by atoms with Gasteiger partial charge in [-0.25, -0.2) is 4.39 Å². The van der Waals surface area contributed by atoms with E-state index in [2.05, 4.69) is 4.98 Å². The van der Waals surface area contributed by atoms with E-state index in [1.807, 2.05) is 0 Å². The van der Waals surface area contributed by atoms with E-state index in [-0.39, 0.29) is 36.5 Å². The fraction of sp³-hybridized carbons (Fsp3) is 0.211. The first-order valence-corrected chi connectivity index (χ1v) is 8.10. The summed E-state index contributed by atoms with van der Waals surface area (Å²) in [5, 5.41) is 19.7. The highest BCUT2D eigenvalue weighted by Gasteiger charge is 2.46. The van der Waals surface area contributed by atoms with E-state index >= 15 is 0 Å². The molecule has 1 aromatic heterocycles. The summed E-state index contributed by atoms with van der Waals surface area (Å²) >= 11 is 0. The predicted octanol–water partition coefficient (Wildman–Crippen LogP) is 2.02. The monoisotopic (exact) mass is 356 g/mol. The van der Waals surface area contributed by atoms with Gasteiger partial charge in [0.25, 0.3) is 11.7 Å². The molecule has 0 radical (unpaired) electrons. The molecule has 3 rings (SSSR count). The number of aliphatic hydroxyl groups is 2. The predicted molar refractivity (Wildman–Crippen MR) is 91.3 cm³/mol. The Hall–Kier alpha value is -3.06. The fourth-order valence-electron chi connectivity index (χ4n) is 2.96. The first-order chi connectivity index (χ1) is 12.5. The fourth-order valence-corrected chi connectivity index (χ4v) is 2.96. The number of halogens is 1. The molecule has 1 aliphatic heterocycles. The molecule has 26 heavy (non-hydrogen) atoms. The number of hydrogen-bond acceptors (Lipinski definition) is 5. The molecule has 2 aromatic rings. The van der Waals surface area contributed by atoms with Gasteiger partial charge in [0.05, 0.1) is 11.3 Å². The molecule has 1 amide bonds. The molecule has 1 fully saturated rings. The number of carbonyl (C=O) groups is 2. The second-order valence-corrected chi connectivity index (χ2v) is 5.83. The van der Waals surface area contributed by atoms with Gasteiger partial charge in [-0.3, -0.25) is 14.6 Å². The zero-order valence-corrected chi connectivity index (χ0v) is 13.8. The summed E-state index contributed by atoms with van der Waals surface area (Å²) in [5.41, 5.74) is 0.555. The maximum Gasteiger partial charge on any atom is 0.295 e. The lowest BCUT2D eigenvalue weighted by atomic mass is 9.98. The minimum atomic E-state index is -0.868. The second kappa shape index (κ2) is 7.45. The number of aromatic nitrogens is 1. The Kier molecular flexibility index (Phi) is 5.09. The number of likely N-dealkylation sites (tertiary alicyclic amines) is 1. The summed E-state index contributed by atoms with van der Waals surface area (Å²) in [6, 6.07) is 9.19. The quantitative estimate of drug-likeness (QED) is 0.486. The number of carbonyl (C=O) groups excluding carboxylic acids is 2. The van der Waals surface area contributed by atoms with Crippen molar-refractivity contribution in [3.05, 3.63) is 71.3 Å². The number of benzene rings is 1. The van der Waals surface area contributed by atoms with Crippen LogP contribution < -0.4 is 0 Å². The second-order valence-electron chi connectivity index (χ2n) is 5.83. The molecule has 2 heterocycles. The molecular formula is C19H17FN2O4. The zero-order valence-electron chi connectivity index (χ0n) is 13.8.